The van der Waals surface area contributed by atoms with Crippen molar-refractivity contribution >= 4 is 11.3 Å². The summed E-state index contributed by atoms with van der Waals surface area (Å²) in [4.78, 5) is 1.26. The molecule has 0 saturated carbocycles. The highest BCUT2D eigenvalue weighted by Gasteiger charge is 2.30. The Morgan fingerprint density at radius 2 is 2.11 bits per heavy atom. The molecule has 1 aliphatic carbocycles. The fraction of sp³-hybridized carbons (Fsp3) is 0.333. The van der Waals surface area contributed by atoms with Crippen LogP contribution in [0.25, 0.3) is 0 Å². The van der Waals surface area contributed by atoms with E-state index in [9.17, 15) is 13.9 Å². The van der Waals surface area contributed by atoms with E-state index < -0.39 is 17.7 Å². The summed E-state index contributed by atoms with van der Waals surface area (Å²) in [6.07, 6.45) is 1.82. The minimum atomic E-state index is -0.982. The van der Waals surface area contributed by atoms with Gasteiger partial charge in [0.15, 0.2) is 11.6 Å². The summed E-state index contributed by atoms with van der Waals surface area (Å²) in [5, 5.41) is 12.4. The molecule has 100 valence electrons. The van der Waals surface area contributed by atoms with Crippen molar-refractivity contribution in [2.24, 2.45) is 0 Å². The first-order chi connectivity index (χ1) is 9.18. The molecule has 0 bridgehead atoms. The zero-order valence-corrected chi connectivity index (χ0v) is 11.1. The average molecular weight is 280 g/mol. The van der Waals surface area contributed by atoms with E-state index in [1.54, 1.807) is 11.3 Å². The van der Waals surface area contributed by atoms with Gasteiger partial charge in [-0.15, -0.1) is 11.3 Å². The quantitative estimate of drug-likeness (QED) is 0.875. The molecule has 0 amide bonds. The second kappa shape index (κ2) is 5.02. The van der Waals surface area contributed by atoms with Gasteiger partial charge in [-0.2, -0.15) is 0 Å². The topological polar surface area (TPSA) is 20.2 Å². The van der Waals surface area contributed by atoms with Crippen LogP contribution < -0.4 is 0 Å². The highest BCUT2D eigenvalue weighted by atomic mass is 32.1. The Bertz CT molecular complexity index is 594. The maximum atomic E-state index is 13.8. The van der Waals surface area contributed by atoms with Crippen molar-refractivity contribution in [1.29, 1.82) is 0 Å². The SMILES string of the molecule is OC(c1cccc(F)c1F)C1CCCc2sccc21. The minimum absolute atomic E-state index is 0.0593. The molecule has 1 aromatic heterocycles. The summed E-state index contributed by atoms with van der Waals surface area (Å²) in [6.45, 7) is 0. The summed E-state index contributed by atoms with van der Waals surface area (Å²) >= 11 is 1.67. The molecule has 1 heterocycles. The molecule has 3 rings (SSSR count). The molecule has 1 N–H and O–H groups in total. The van der Waals surface area contributed by atoms with Crippen LogP contribution in [0.1, 0.15) is 40.9 Å². The van der Waals surface area contributed by atoms with Crippen molar-refractivity contribution in [3.8, 4) is 0 Å². The molecular weight excluding hydrogens is 266 g/mol. The molecule has 0 aliphatic heterocycles. The third-order valence-corrected chi connectivity index (χ3v) is 4.78. The van der Waals surface area contributed by atoms with Gasteiger partial charge < -0.3 is 5.11 Å². The number of aliphatic hydroxyl groups excluding tert-OH is 1. The number of benzene rings is 1. The molecule has 1 aliphatic rings. The molecule has 19 heavy (non-hydrogen) atoms. The maximum absolute atomic E-state index is 13.8. The predicted molar refractivity (Wildman–Crippen MR) is 71.3 cm³/mol. The van der Waals surface area contributed by atoms with Crippen LogP contribution in [0, 0.1) is 11.6 Å². The third-order valence-electron chi connectivity index (χ3n) is 3.78. The third kappa shape index (κ3) is 2.19. The van der Waals surface area contributed by atoms with Crippen LogP contribution in [0.2, 0.25) is 0 Å². The van der Waals surface area contributed by atoms with Gasteiger partial charge in [-0.1, -0.05) is 12.1 Å². The summed E-state index contributed by atoms with van der Waals surface area (Å²) in [6, 6.07) is 5.96. The summed E-state index contributed by atoms with van der Waals surface area (Å²) in [7, 11) is 0. The fourth-order valence-electron chi connectivity index (χ4n) is 2.82. The van der Waals surface area contributed by atoms with E-state index in [2.05, 4.69) is 0 Å². The molecule has 2 unspecified atom stereocenters. The van der Waals surface area contributed by atoms with E-state index in [0.717, 1.165) is 30.9 Å². The van der Waals surface area contributed by atoms with Crippen LogP contribution in [-0.4, -0.2) is 5.11 Å². The van der Waals surface area contributed by atoms with Gasteiger partial charge >= 0.3 is 0 Å². The highest BCUT2D eigenvalue weighted by Crippen LogP contribution is 2.42. The van der Waals surface area contributed by atoms with Crippen molar-refractivity contribution < 1.29 is 13.9 Å². The van der Waals surface area contributed by atoms with Crippen molar-refractivity contribution in [2.75, 3.05) is 0 Å². The lowest BCUT2D eigenvalue weighted by atomic mass is 9.81. The van der Waals surface area contributed by atoms with Crippen molar-refractivity contribution in [2.45, 2.75) is 31.3 Å². The number of hydrogen-bond acceptors (Lipinski definition) is 2. The number of halogens is 2. The zero-order valence-electron chi connectivity index (χ0n) is 10.3. The molecule has 0 radical (unpaired) electrons. The zero-order chi connectivity index (χ0) is 13.4. The van der Waals surface area contributed by atoms with Gasteiger partial charge in [-0.25, -0.2) is 8.78 Å². The second-order valence-corrected chi connectivity index (χ2v) is 5.89. The summed E-state index contributed by atoms with van der Waals surface area (Å²) in [5.41, 5.74) is 1.15. The minimum Gasteiger partial charge on any atom is -0.388 e. The molecular formula is C15H14F2OS. The van der Waals surface area contributed by atoms with Gasteiger partial charge in [0, 0.05) is 16.4 Å². The van der Waals surface area contributed by atoms with Crippen LogP contribution in [0.4, 0.5) is 8.78 Å². The molecule has 1 nitrogen and oxygen atoms in total. The van der Waals surface area contributed by atoms with E-state index in [-0.39, 0.29) is 11.5 Å². The first-order valence-corrected chi connectivity index (χ1v) is 7.24. The normalized spacial score (nSPS) is 20.1. The Kier molecular flexibility index (Phi) is 3.37. The van der Waals surface area contributed by atoms with E-state index in [4.69, 9.17) is 0 Å². The highest BCUT2D eigenvalue weighted by molar-refractivity contribution is 7.10. The van der Waals surface area contributed by atoms with Crippen LogP contribution in [0.15, 0.2) is 29.6 Å². The van der Waals surface area contributed by atoms with Crippen LogP contribution in [0.5, 0.6) is 0 Å². The monoisotopic (exact) mass is 280 g/mol. The lowest BCUT2D eigenvalue weighted by Gasteiger charge is -2.27. The molecule has 0 saturated heterocycles. The largest absolute Gasteiger partial charge is 0.388 e. The number of aliphatic hydroxyl groups is 1. The van der Waals surface area contributed by atoms with Gasteiger partial charge in [0.2, 0.25) is 0 Å². The Labute approximate surface area is 114 Å². The molecule has 1 aromatic carbocycles. The first kappa shape index (κ1) is 12.8. The van der Waals surface area contributed by atoms with E-state index >= 15 is 0 Å². The van der Waals surface area contributed by atoms with Crippen molar-refractivity contribution in [3.63, 3.8) is 0 Å². The number of fused-ring (bicyclic) bond motifs is 1. The predicted octanol–water partition coefficient (Wildman–Crippen LogP) is 4.18. The Balaban J connectivity index is 1.98. The van der Waals surface area contributed by atoms with Gasteiger partial charge in [0.1, 0.15) is 0 Å². The van der Waals surface area contributed by atoms with Gasteiger partial charge in [0.05, 0.1) is 6.10 Å². The average Bonchev–Trinajstić information content (AvgIpc) is 2.89. The van der Waals surface area contributed by atoms with Crippen LogP contribution >= 0.6 is 11.3 Å². The smallest absolute Gasteiger partial charge is 0.164 e. The summed E-state index contributed by atoms with van der Waals surface area (Å²) in [5.74, 6) is -1.97. The lowest BCUT2D eigenvalue weighted by Crippen LogP contribution is -2.17. The number of aryl methyl sites for hydroxylation is 1. The fourth-order valence-corrected chi connectivity index (χ4v) is 3.81. The molecule has 2 atom stereocenters. The van der Waals surface area contributed by atoms with Crippen molar-refractivity contribution in [3.05, 3.63) is 57.3 Å². The number of hydrogen-bond donors (Lipinski definition) is 1. The van der Waals surface area contributed by atoms with E-state index in [0.29, 0.717) is 0 Å². The Hall–Kier alpha value is -1.26. The van der Waals surface area contributed by atoms with Crippen LogP contribution in [0.3, 0.4) is 0 Å². The summed E-state index contributed by atoms with van der Waals surface area (Å²) < 4.78 is 27.0. The first-order valence-electron chi connectivity index (χ1n) is 6.36. The maximum Gasteiger partial charge on any atom is 0.164 e. The molecule has 0 fully saturated rings. The van der Waals surface area contributed by atoms with E-state index in [1.807, 2.05) is 11.4 Å². The number of rotatable bonds is 2. The molecule has 2 aromatic rings. The molecule has 4 heteroatoms. The lowest BCUT2D eigenvalue weighted by molar-refractivity contribution is 0.131. The van der Waals surface area contributed by atoms with Gasteiger partial charge in [-0.05, 0) is 42.3 Å². The van der Waals surface area contributed by atoms with Crippen LogP contribution in [-0.2, 0) is 6.42 Å². The second-order valence-electron chi connectivity index (χ2n) is 4.89. The van der Waals surface area contributed by atoms with Crippen molar-refractivity contribution in [1.82, 2.24) is 0 Å². The standard InChI is InChI=1S/C15H14F2OS/c16-12-5-1-4-11(14(12)17)15(18)10-3-2-6-13-9(10)7-8-19-13/h1,4-5,7-8,10,15,18H,2-3,6H2. The Morgan fingerprint density at radius 3 is 2.95 bits per heavy atom. The molecule has 0 spiro atoms. The Morgan fingerprint density at radius 1 is 1.26 bits per heavy atom. The van der Waals surface area contributed by atoms with Gasteiger partial charge in [-0.3, -0.25) is 0 Å². The number of thiophene rings is 1. The van der Waals surface area contributed by atoms with E-state index in [1.165, 1.54) is 17.0 Å². The van der Waals surface area contributed by atoms with Gasteiger partial charge in [0.25, 0.3) is 0 Å².